The molecule has 4 heteroatoms. The van der Waals surface area contributed by atoms with Crippen LogP contribution in [-0.2, 0) is 0 Å². The summed E-state index contributed by atoms with van der Waals surface area (Å²) in [5.41, 5.74) is 1.65. The Kier molecular flexibility index (Phi) is 3.06. The Morgan fingerprint density at radius 1 is 1.50 bits per heavy atom. The van der Waals surface area contributed by atoms with Gasteiger partial charge in [-0.25, -0.2) is 0 Å². The van der Waals surface area contributed by atoms with Gasteiger partial charge < -0.3 is 5.21 Å². The average Bonchev–Trinajstić information content (AvgIpc) is 2.65. The van der Waals surface area contributed by atoms with Crippen LogP contribution < -0.4 is 0 Å². The van der Waals surface area contributed by atoms with Crippen LogP contribution >= 0.6 is 45.2 Å². The van der Waals surface area contributed by atoms with Crippen molar-refractivity contribution in [1.82, 2.24) is 0 Å². The van der Waals surface area contributed by atoms with E-state index in [2.05, 4.69) is 57.3 Å². The van der Waals surface area contributed by atoms with Crippen LogP contribution in [-0.4, -0.2) is 19.8 Å². The molecule has 2 bridgehead atoms. The first-order chi connectivity index (χ1) is 6.64. The molecule has 0 aromatic carbocycles. The van der Waals surface area contributed by atoms with Gasteiger partial charge in [0.15, 0.2) is 0 Å². The van der Waals surface area contributed by atoms with E-state index in [1.54, 1.807) is 0 Å². The third kappa shape index (κ3) is 1.15. The molecule has 80 valence electrons. The summed E-state index contributed by atoms with van der Waals surface area (Å²) in [6.45, 7) is 2.38. The second kappa shape index (κ2) is 3.75. The maximum Gasteiger partial charge on any atom is 0.0648 e. The monoisotopic (exact) mass is 419 g/mol. The number of hydrogen-bond acceptors (Lipinski definition) is 2. The molecule has 0 amide bonds. The predicted molar refractivity (Wildman–Crippen MR) is 74.9 cm³/mol. The van der Waals surface area contributed by atoms with E-state index in [-0.39, 0.29) is 5.41 Å². The van der Waals surface area contributed by atoms with Crippen LogP contribution in [0.4, 0.5) is 0 Å². The Labute approximate surface area is 112 Å². The molecule has 2 fully saturated rings. The van der Waals surface area contributed by atoms with Crippen LogP contribution in [0, 0.1) is 16.7 Å². The molecule has 14 heavy (non-hydrogen) atoms. The largest absolute Gasteiger partial charge is 0.411 e. The van der Waals surface area contributed by atoms with E-state index in [0.717, 1.165) is 22.5 Å². The van der Waals surface area contributed by atoms with Crippen LogP contribution in [0.2, 0.25) is 0 Å². The maximum atomic E-state index is 9.09. The van der Waals surface area contributed by atoms with Gasteiger partial charge in [0.1, 0.15) is 0 Å². The van der Waals surface area contributed by atoms with Gasteiger partial charge in [0.2, 0.25) is 0 Å². The van der Waals surface area contributed by atoms with Gasteiger partial charge in [-0.3, -0.25) is 0 Å². The predicted octanol–water partition coefficient (Wildman–Crippen LogP) is 3.49. The van der Waals surface area contributed by atoms with E-state index < -0.39 is 0 Å². The lowest BCUT2D eigenvalue weighted by molar-refractivity contribution is 0.209. The van der Waals surface area contributed by atoms with Crippen molar-refractivity contribution in [1.29, 1.82) is 0 Å². The van der Waals surface area contributed by atoms with Gasteiger partial charge in [0, 0.05) is 14.3 Å². The third-order valence-electron chi connectivity index (χ3n) is 4.53. The van der Waals surface area contributed by atoms with Gasteiger partial charge in [-0.15, -0.1) is 0 Å². The molecule has 2 nitrogen and oxygen atoms in total. The lowest BCUT2D eigenvalue weighted by Crippen LogP contribution is -2.40. The van der Waals surface area contributed by atoms with Gasteiger partial charge >= 0.3 is 0 Å². The number of alkyl halides is 2. The molecule has 0 aromatic heterocycles. The summed E-state index contributed by atoms with van der Waals surface area (Å²) in [4.78, 5) is 0. The number of rotatable bonds is 2. The highest BCUT2D eigenvalue weighted by Crippen LogP contribution is 2.65. The molecule has 2 aliphatic carbocycles. The fraction of sp³-hybridized carbons (Fsp3) is 0.900. The summed E-state index contributed by atoms with van der Waals surface area (Å²) >= 11 is 4.96. The zero-order valence-corrected chi connectivity index (χ0v) is 12.6. The molecule has 3 atom stereocenters. The number of hydrogen-bond donors (Lipinski definition) is 1. The lowest BCUT2D eigenvalue weighted by atomic mass is 9.70. The average molecular weight is 419 g/mol. The third-order valence-corrected chi connectivity index (χ3v) is 7.42. The molecule has 0 aliphatic heterocycles. The second-order valence-electron chi connectivity index (χ2n) is 4.75. The van der Waals surface area contributed by atoms with E-state index in [1.165, 1.54) is 17.3 Å². The van der Waals surface area contributed by atoms with Crippen molar-refractivity contribution in [3.63, 3.8) is 0 Å². The Morgan fingerprint density at radius 2 is 2.21 bits per heavy atom. The minimum absolute atomic E-state index is 0.203. The van der Waals surface area contributed by atoms with Gasteiger partial charge in [-0.05, 0) is 30.6 Å². The molecule has 2 saturated carbocycles. The summed E-state index contributed by atoms with van der Waals surface area (Å²) in [6.07, 6.45) is 3.57. The van der Waals surface area contributed by atoms with Crippen molar-refractivity contribution < 1.29 is 5.21 Å². The van der Waals surface area contributed by atoms with Crippen molar-refractivity contribution in [3.8, 4) is 0 Å². The first-order valence-electron chi connectivity index (χ1n) is 4.98. The highest BCUT2D eigenvalue weighted by Gasteiger charge is 2.64. The van der Waals surface area contributed by atoms with Crippen LogP contribution in [0.5, 0.6) is 0 Å². The first kappa shape index (κ1) is 11.4. The van der Waals surface area contributed by atoms with Crippen molar-refractivity contribution in [2.24, 2.45) is 21.9 Å². The summed E-state index contributed by atoms with van der Waals surface area (Å²) in [5.74, 6) is 0.750. The molecule has 3 unspecified atom stereocenters. The zero-order valence-electron chi connectivity index (χ0n) is 8.26. The van der Waals surface area contributed by atoms with E-state index in [4.69, 9.17) is 5.21 Å². The topological polar surface area (TPSA) is 32.6 Å². The fourth-order valence-electron chi connectivity index (χ4n) is 3.32. The number of nitrogens with zero attached hydrogens (tertiary/aromatic N) is 1. The van der Waals surface area contributed by atoms with Gasteiger partial charge in [-0.2, -0.15) is 0 Å². The maximum absolute atomic E-state index is 9.09. The van der Waals surface area contributed by atoms with Crippen LogP contribution in [0.25, 0.3) is 0 Å². The highest BCUT2D eigenvalue weighted by atomic mass is 127. The van der Waals surface area contributed by atoms with E-state index in [1.807, 2.05) is 0 Å². The van der Waals surface area contributed by atoms with Crippen molar-refractivity contribution in [2.75, 3.05) is 8.86 Å². The first-order valence-corrected chi connectivity index (χ1v) is 8.03. The number of fused-ring (bicyclic) bond motifs is 2. The Hall–Kier alpha value is 0.930. The molecule has 0 heterocycles. The Balaban J connectivity index is 2.47. The minimum Gasteiger partial charge on any atom is -0.411 e. The van der Waals surface area contributed by atoms with E-state index in [9.17, 15) is 0 Å². The van der Waals surface area contributed by atoms with E-state index >= 15 is 0 Å². The molecule has 2 rings (SSSR count). The Morgan fingerprint density at radius 3 is 2.71 bits per heavy atom. The number of halogens is 2. The standard InChI is InChI=1S/C10H15I2NO/c1-9(5-11)7-2-3-10(9,6-12)8(4-7)13-14/h7,14H,2-6H2,1H3. The molecule has 0 radical (unpaired) electrons. The molecule has 1 N–H and O–H groups in total. The molecule has 0 spiro atoms. The van der Waals surface area contributed by atoms with Crippen LogP contribution in [0.1, 0.15) is 26.2 Å². The second-order valence-corrected chi connectivity index (χ2v) is 6.28. The molecule has 2 aliphatic rings. The van der Waals surface area contributed by atoms with Crippen molar-refractivity contribution in [2.45, 2.75) is 26.2 Å². The summed E-state index contributed by atoms with van der Waals surface area (Å²) in [6, 6.07) is 0. The molecule has 0 aromatic rings. The smallest absolute Gasteiger partial charge is 0.0648 e. The highest BCUT2D eigenvalue weighted by molar-refractivity contribution is 14.1. The van der Waals surface area contributed by atoms with Gasteiger partial charge in [0.05, 0.1) is 5.71 Å². The molecular weight excluding hydrogens is 404 g/mol. The Bertz CT molecular complexity index is 281. The quantitative estimate of drug-likeness (QED) is 0.316. The molecule has 0 saturated heterocycles. The van der Waals surface area contributed by atoms with Gasteiger partial charge in [0.25, 0.3) is 0 Å². The number of oxime groups is 1. The zero-order chi connectivity index (χ0) is 10.4. The van der Waals surface area contributed by atoms with Crippen molar-refractivity contribution >= 4 is 50.9 Å². The summed E-state index contributed by atoms with van der Waals surface area (Å²) in [5, 5.41) is 12.7. The minimum atomic E-state index is 0.203. The summed E-state index contributed by atoms with van der Waals surface area (Å²) < 4.78 is 2.28. The fourth-order valence-corrected chi connectivity index (χ4v) is 6.36. The van der Waals surface area contributed by atoms with Crippen molar-refractivity contribution in [3.05, 3.63) is 0 Å². The van der Waals surface area contributed by atoms with Gasteiger partial charge in [-0.1, -0.05) is 57.3 Å². The molecular formula is C10H15I2NO. The summed E-state index contributed by atoms with van der Waals surface area (Å²) in [7, 11) is 0. The van der Waals surface area contributed by atoms with Crippen LogP contribution in [0.15, 0.2) is 5.16 Å². The lowest BCUT2D eigenvalue weighted by Gasteiger charge is -2.38. The van der Waals surface area contributed by atoms with Crippen LogP contribution in [0.3, 0.4) is 0 Å². The normalized spacial score (nSPS) is 49.1. The van der Waals surface area contributed by atoms with E-state index in [0.29, 0.717) is 5.41 Å². The SMILES string of the molecule is CC1(CI)C2CCC1(CI)C(=NO)C2.